The van der Waals surface area contributed by atoms with E-state index in [0.717, 1.165) is 25.2 Å². The highest BCUT2D eigenvalue weighted by Crippen LogP contribution is 2.25. The van der Waals surface area contributed by atoms with E-state index in [-0.39, 0.29) is 11.9 Å². The highest BCUT2D eigenvalue weighted by Gasteiger charge is 2.23. The first-order valence-electron chi connectivity index (χ1n) is 8.00. The number of rotatable bonds is 6. The predicted molar refractivity (Wildman–Crippen MR) is 90.4 cm³/mol. The molecule has 1 saturated heterocycles. The number of hydrogen-bond acceptors (Lipinski definition) is 3. The van der Waals surface area contributed by atoms with Gasteiger partial charge in [-0.05, 0) is 37.2 Å². The zero-order valence-electron chi connectivity index (χ0n) is 13.1. The molecule has 118 valence electrons. The van der Waals surface area contributed by atoms with Crippen molar-refractivity contribution in [1.29, 1.82) is 0 Å². The maximum Gasteiger partial charge on any atom is 0.127 e. The van der Waals surface area contributed by atoms with Crippen LogP contribution >= 0.6 is 11.8 Å². The van der Waals surface area contributed by atoms with Crippen molar-refractivity contribution in [3.05, 3.63) is 35.6 Å². The second-order valence-corrected chi connectivity index (χ2v) is 7.03. The fourth-order valence-corrected chi connectivity index (χ4v) is 3.98. The Morgan fingerprint density at radius 1 is 1.29 bits per heavy atom. The normalized spacial score (nSPS) is 20.0. The van der Waals surface area contributed by atoms with Gasteiger partial charge in [-0.25, -0.2) is 4.39 Å². The minimum Gasteiger partial charge on any atom is -0.310 e. The van der Waals surface area contributed by atoms with E-state index in [9.17, 15) is 4.39 Å². The van der Waals surface area contributed by atoms with Crippen LogP contribution in [-0.2, 0) is 0 Å². The summed E-state index contributed by atoms with van der Waals surface area (Å²) in [6.07, 6.45) is 1.27. The van der Waals surface area contributed by atoms with Crippen LogP contribution in [0.1, 0.15) is 31.9 Å². The van der Waals surface area contributed by atoms with Crippen LogP contribution < -0.4 is 5.32 Å². The molecule has 21 heavy (non-hydrogen) atoms. The van der Waals surface area contributed by atoms with Crippen LogP contribution in [0.5, 0.6) is 0 Å². The molecule has 2 nitrogen and oxygen atoms in total. The van der Waals surface area contributed by atoms with Gasteiger partial charge in [-0.1, -0.05) is 32.0 Å². The van der Waals surface area contributed by atoms with E-state index in [4.69, 9.17) is 0 Å². The second kappa shape index (κ2) is 8.76. The van der Waals surface area contributed by atoms with Crippen LogP contribution in [0, 0.1) is 11.7 Å². The van der Waals surface area contributed by atoms with Gasteiger partial charge in [-0.2, -0.15) is 11.8 Å². The smallest absolute Gasteiger partial charge is 0.127 e. The Balaban J connectivity index is 2.04. The van der Waals surface area contributed by atoms with Gasteiger partial charge >= 0.3 is 0 Å². The molecule has 0 bridgehead atoms. The lowest BCUT2D eigenvalue weighted by molar-refractivity contribution is 0.222. The number of nitrogens with zero attached hydrogens (tertiary/aromatic N) is 1. The Morgan fingerprint density at radius 3 is 2.86 bits per heavy atom. The van der Waals surface area contributed by atoms with Gasteiger partial charge in [-0.15, -0.1) is 0 Å². The lowest BCUT2D eigenvalue weighted by Gasteiger charge is -2.30. The van der Waals surface area contributed by atoms with Crippen LogP contribution in [0.15, 0.2) is 24.3 Å². The SMILES string of the molecule is CCNC(c1ccccc1F)C(C)CN1CCCSCC1. The third-order valence-corrected chi connectivity index (χ3v) is 5.14. The van der Waals surface area contributed by atoms with Gasteiger partial charge < -0.3 is 10.2 Å². The van der Waals surface area contributed by atoms with E-state index in [1.54, 1.807) is 12.1 Å². The summed E-state index contributed by atoms with van der Waals surface area (Å²) in [4.78, 5) is 2.54. The van der Waals surface area contributed by atoms with E-state index in [1.807, 2.05) is 23.9 Å². The summed E-state index contributed by atoms with van der Waals surface area (Å²) < 4.78 is 14.1. The number of nitrogens with one attached hydrogen (secondary N) is 1. The number of halogens is 1. The van der Waals surface area contributed by atoms with Gasteiger partial charge in [0.25, 0.3) is 0 Å². The summed E-state index contributed by atoms with van der Waals surface area (Å²) >= 11 is 2.05. The monoisotopic (exact) mass is 310 g/mol. The van der Waals surface area contributed by atoms with Crippen molar-refractivity contribution in [3.8, 4) is 0 Å². The van der Waals surface area contributed by atoms with Crippen molar-refractivity contribution in [2.45, 2.75) is 26.3 Å². The van der Waals surface area contributed by atoms with Crippen molar-refractivity contribution < 1.29 is 4.39 Å². The van der Waals surface area contributed by atoms with E-state index in [1.165, 1.54) is 24.5 Å². The van der Waals surface area contributed by atoms with Gasteiger partial charge in [0.2, 0.25) is 0 Å². The van der Waals surface area contributed by atoms with E-state index >= 15 is 0 Å². The summed E-state index contributed by atoms with van der Waals surface area (Å²) in [6, 6.07) is 7.26. The standard InChI is InChI=1S/C17H27FN2S/c1-3-19-17(15-7-4-5-8-16(15)18)14(2)13-20-9-6-11-21-12-10-20/h4-5,7-8,14,17,19H,3,6,9-13H2,1-2H3. The Morgan fingerprint density at radius 2 is 2.10 bits per heavy atom. The summed E-state index contributed by atoms with van der Waals surface area (Å²) in [5.74, 6) is 2.79. The molecule has 1 heterocycles. The molecular formula is C17H27FN2S. The van der Waals surface area contributed by atoms with Crippen molar-refractivity contribution in [2.75, 3.05) is 37.7 Å². The number of benzene rings is 1. The van der Waals surface area contributed by atoms with Gasteiger partial charge in [-0.3, -0.25) is 0 Å². The first kappa shape index (κ1) is 16.8. The van der Waals surface area contributed by atoms with Crippen LogP contribution in [0.25, 0.3) is 0 Å². The van der Waals surface area contributed by atoms with Crippen molar-refractivity contribution in [2.24, 2.45) is 5.92 Å². The summed E-state index contributed by atoms with van der Waals surface area (Å²) in [5, 5.41) is 3.47. The van der Waals surface area contributed by atoms with E-state index < -0.39 is 0 Å². The van der Waals surface area contributed by atoms with Crippen LogP contribution in [-0.4, -0.2) is 42.6 Å². The average molecular weight is 310 g/mol. The predicted octanol–water partition coefficient (Wildman–Crippen LogP) is 3.55. The molecule has 0 saturated carbocycles. The zero-order valence-corrected chi connectivity index (χ0v) is 14.0. The fraction of sp³-hybridized carbons (Fsp3) is 0.647. The van der Waals surface area contributed by atoms with Crippen molar-refractivity contribution in [3.63, 3.8) is 0 Å². The molecule has 0 spiro atoms. The molecule has 2 unspecified atom stereocenters. The minimum absolute atomic E-state index is 0.0899. The molecule has 2 atom stereocenters. The molecule has 1 aromatic carbocycles. The highest BCUT2D eigenvalue weighted by atomic mass is 32.2. The number of thioether (sulfide) groups is 1. The minimum atomic E-state index is -0.0956. The first-order chi connectivity index (χ1) is 10.2. The molecule has 0 radical (unpaired) electrons. The summed E-state index contributed by atoms with van der Waals surface area (Å²) in [7, 11) is 0. The molecule has 0 aromatic heterocycles. The molecule has 1 aliphatic heterocycles. The van der Waals surface area contributed by atoms with Gasteiger partial charge in [0.15, 0.2) is 0 Å². The zero-order chi connectivity index (χ0) is 15.1. The molecule has 0 aliphatic carbocycles. The molecular weight excluding hydrogens is 283 g/mol. The highest BCUT2D eigenvalue weighted by molar-refractivity contribution is 7.99. The molecule has 1 fully saturated rings. The first-order valence-corrected chi connectivity index (χ1v) is 9.15. The second-order valence-electron chi connectivity index (χ2n) is 5.80. The molecule has 0 amide bonds. The largest absolute Gasteiger partial charge is 0.310 e. The summed E-state index contributed by atoms with van der Waals surface area (Å²) in [6.45, 7) is 8.55. The van der Waals surface area contributed by atoms with Gasteiger partial charge in [0, 0.05) is 30.4 Å². The molecule has 2 rings (SSSR count). The van der Waals surface area contributed by atoms with E-state index in [2.05, 4.69) is 24.1 Å². The average Bonchev–Trinajstić information content (AvgIpc) is 2.74. The Hall–Kier alpha value is -0.580. The van der Waals surface area contributed by atoms with Crippen LogP contribution in [0.4, 0.5) is 4.39 Å². The maximum atomic E-state index is 14.1. The maximum absolute atomic E-state index is 14.1. The van der Waals surface area contributed by atoms with Crippen LogP contribution in [0.2, 0.25) is 0 Å². The van der Waals surface area contributed by atoms with Gasteiger partial charge in [0.1, 0.15) is 5.82 Å². The topological polar surface area (TPSA) is 15.3 Å². The molecule has 1 aliphatic rings. The Labute approximate surface area is 132 Å². The molecule has 4 heteroatoms. The van der Waals surface area contributed by atoms with Gasteiger partial charge in [0.05, 0.1) is 0 Å². The molecule has 1 N–H and O–H groups in total. The van der Waals surface area contributed by atoms with Crippen LogP contribution in [0.3, 0.4) is 0 Å². The third kappa shape index (κ3) is 4.97. The molecule has 1 aromatic rings. The lowest BCUT2D eigenvalue weighted by atomic mass is 9.93. The summed E-state index contributed by atoms with van der Waals surface area (Å²) in [5.41, 5.74) is 0.802. The quantitative estimate of drug-likeness (QED) is 0.865. The number of hydrogen-bond donors (Lipinski definition) is 1. The third-order valence-electron chi connectivity index (χ3n) is 4.09. The Kier molecular flexibility index (Phi) is 7.00. The fourth-order valence-electron chi connectivity index (χ4n) is 3.06. The van der Waals surface area contributed by atoms with Crippen molar-refractivity contribution in [1.82, 2.24) is 10.2 Å². The Bertz CT molecular complexity index is 419. The lowest BCUT2D eigenvalue weighted by Crippen LogP contribution is -2.37. The van der Waals surface area contributed by atoms with Crippen molar-refractivity contribution >= 4 is 11.8 Å². The van der Waals surface area contributed by atoms with E-state index in [0.29, 0.717) is 5.92 Å².